The first-order chi connectivity index (χ1) is 13.6. The number of likely N-dealkylation sites (tertiary alicyclic amines) is 1. The molecule has 0 spiro atoms. The third-order valence-electron chi connectivity index (χ3n) is 6.22. The van der Waals surface area contributed by atoms with Crippen molar-refractivity contribution in [2.45, 2.75) is 57.0 Å². The molecule has 1 aromatic rings. The number of benzene rings is 1. The second-order valence-corrected chi connectivity index (χ2v) is 8.21. The molecule has 0 unspecified atom stereocenters. The molecule has 0 bridgehead atoms. The lowest BCUT2D eigenvalue weighted by Gasteiger charge is -2.39. The molecule has 1 aliphatic heterocycles. The fraction of sp³-hybridized carbons (Fsp3) is 0.636. The van der Waals surface area contributed by atoms with Crippen LogP contribution in [-0.4, -0.2) is 49.1 Å². The highest BCUT2D eigenvalue weighted by molar-refractivity contribution is 5.91. The highest BCUT2D eigenvalue weighted by Crippen LogP contribution is 2.33. The van der Waals surface area contributed by atoms with Crippen LogP contribution < -0.4 is 16.0 Å². The van der Waals surface area contributed by atoms with Gasteiger partial charge in [-0.1, -0.05) is 43.2 Å². The molecular weight excluding hydrogens is 388 g/mol. The molecule has 7 heteroatoms. The van der Waals surface area contributed by atoms with E-state index in [4.69, 9.17) is 0 Å². The Labute approximate surface area is 180 Å². The molecule has 1 saturated heterocycles. The van der Waals surface area contributed by atoms with E-state index in [2.05, 4.69) is 16.0 Å². The van der Waals surface area contributed by atoms with Gasteiger partial charge in [0.05, 0.1) is 0 Å². The molecule has 0 radical (unpaired) electrons. The van der Waals surface area contributed by atoms with Gasteiger partial charge in [-0.05, 0) is 57.2 Å². The SMILES string of the molecule is CNCCC1CCN(C(=O)C2(NC(=O)NCc3ccccc3)CCCC2)CC1.Cl. The zero-order valence-electron chi connectivity index (χ0n) is 17.4. The zero-order chi connectivity index (χ0) is 19.8. The first-order valence-electron chi connectivity index (χ1n) is 10.7. The zero-order valence-corrected chi connectivity index (χ0v) is 18.2. The van der Waals surface area contributed by atoms with Crippen LogP contribution in [0.1, 0.15) is 50.5 Å². The largest absolute Gasteiger partial charge is 0.341 e. The molecule has 1 aliphatic carbocycles. The molecule has 0 aromatic heterocycles. The van der Waals surface area contributed by atoms with Crippen LogP contribution in [0, 0.1) is 5.92 Å². The third kappa shape index (κ3) is 6.34. The minimum atomic E-state index is -0.724. The van der Waals surface area contributed by atoms with Crippen molar-refractivity contribution >= 4 is 24.3 Å². The van der Waals surface area contributed by atoms with E-state index in [9.17, 15) is 9.59 Å². The average molecular weight is 423 g/mol. The Balaban J connectivity index is 0.00000300. The number of piperidine rings is 1. The Bertz CT molecular complexity index is 641. The number of amides is 3. The van der Waals surface area contributed by atoms with Gasteiger partial charge in [0.1, 0.15) is 5.54 Å². The predicted molar refractivity (Wildman–Crippen MR) is 118 cm³/mol. The summed E-state index contributed by atoms with van der Waals surface area (Å²) in [7, 11) is 1.98. The quantitative estimate of drug-likeness (QED) is 0.632. The van der Waals surface area contributed by atoms with Crippen LogP contribution in [0.15, 0.2) is 30.3 Å². The maximum Gasteiger partial charge on any atom is 0.315 e. The van der Waals surface area contributed by atoms with Crippen LogP contribution in [0.25, 0.3) is 0 Å². The number of halogens is 1. The van der Waals surface area contributed by atoms with E-state index >= 15 is 0 Å². The molecule has 1 saturated carbocycles. The van der Waals surface area contributed by atoms with Crippen molar-refractivity contribution in [2.24, 2.45) is 5.92 Å². The summed E-state index contributed by atoms with van der Waals surface area (Å²) in [6.07, 6.45) is 6.75. The summed E-state index contributed by atoms with van der Waals surface area (Å²) in [4.78, 5) is 27.8. The van der Waals surface area contributed by atoms with Crippen LogP contribution in [0.4, 0.5) is 4.79 Å². The minimum absolute atomic E-state index is 0. The van der Waals surface area contributed by atoms with E-state index in [1.165, 1.54) is 6.42 Å². The van der Waals surface area contributed by atoms with Crippen molar-refractivity contribution in [1.29, 1.82) is 0 Å². The first kappa shape index (κ1) is 23.5. The topological polar surface area (TPSA) is 73.5 Å². The fourth-order valence-corrected chi connectivity index (χ4v) is 4.49. The molecule has 3 rings (SSSR count). The van der Waals surface area contributed by atoms with Crippen molar-refractivity contribution in [2.75, 3.05) is 26.7 Å². The van der Waals surface area contributed by atoms with Gasteiger partial charge in [0.25, 0.3) is 0 Å². The van der Waals surface area contributed by atoms with Gasteiger partial charge in [0.15, 0.2) is 0 Å². The molecule has 2 aliphatic rings. The molecule has 2 fully saturated rings. The lowest BCUT2D eigenvalue weighted by Crippen LogP contribution is -2.60. The van der Waals surface area contributed by atoms with Gasteiger partial charge in [-0.15, -0.1) is 12.4 Å². The molecule has 3 N–H and O–H groups in total. The number of carbonyl (C=O) groups is 2. The Kier molecular flexibility index (Phi) is 9.24. The molecule has 29 heavy (non-hydrogen) atoms. The van der Waals surface area contributed by atoms with Crippen molar-refractivity contribution in [3.63, 3.8) is 0 Å². The number of rotatable bonds is 7. The first-order valence-corrected chi connectivity index (χ1v) is 10.7. The number of urea groups is 1. The summed E-state index contributed by atoms with van der Waals surface area (Å²) in [5, 5.41) is 9.17. The van der Waals surface area contributed by atoms with Gasteiger partial charge in [0, 0.05) is 19.6 Å². The van der Waals surface area contributed by atoms with E-state index in [0.717, 1.165) is 63.7 Å². The monoisotopic (exact) mass is 422 g/mol. The predicted octanol–water partition coefficient (Wildman–Crippen LogP) is 3.07. The molecular formula is C22H35ClN4O2. The Morgan fingerprint density at radius 3 is 2.38 bits per heavy atom. The molecule has 1 heterocycles. The van der Waals surface area contributed by atoms with E-state index in [1.54, 1.807) is 0 Å². The van der Waals surface area contributed by atoms with Crippen LogP contribution >= 0.6 is 12.4 Å². The summed E-state index contributed by atoms with van der Waals surface area (Å²) in [5.74, 6) is 0.810. The van der Waals surface area contributed by atoms with Crippen molar-refractivity contribution in [1.82, 2.24) is 20.9 Å². The van der Waals surface area contributed by atoms with Gasteiger partial charge in [-0.25, -0.2) is 4.79 Å². The molecule has 3 amide bonds. The summed E-state index contributed by atoms with van der Waals surface area (Å²) in [5.41, 5.74) is 0.326. The van der Waals surface area contributed by atoms with Gasteiger partial charge >= 0.3 is 6.03 Å². The molecule has 1 aromatic carbocycles. The standard InChI is InChI=1S/C22H34N4O2.ClH/c1-23-14-9-18-10-15-26(16-11-18)20(27)22(12-5-6-13-22)25-21(28)24-17-19-7-3-2-4-8-19;/h2-4,7-8,18,23H,5-6,9-17H2,1H3,(H2,24,25,28);1H. The number of nitrogens with zero attached hydrogens (tertiary/aromatic N) is 1. The average Bonchev–Trinajstić information content (AvgIpc) is 3.21. The van der Waals surface area contributed by atoms with Crippen LogP contribution in [0.5, 0.6) is 0 Å². The van der Waals surface area contributed by atoms with Crippen molar-refractivity contribution in [3.05, 3.63) is 35.9 Å². The number of carbonyl (C=O) groups excluding carboxylic acids is 2. The molecule has 6 nitrogen and oxygen atoms in total. The maximum absolute atomic E-state index is 13.3. The lowest BCUT2D eigenvalue weighted by atomic mass is 9.90. The Morgan fingerprint density at radius 2 is 1.76 bits per heavy atom. The van der Waals surface area contributed by atoms with Gasteiger partial charge in [-0.2, -0.15) is 0 Å². The second-order valence-electron chi connectivity index (χ2n) is 8.21. The Hall–Kier alpha value is -1.79. The van der Waals surface area contributed by atoms with Gasteiger partial charge in [0.2, 0.25) is 5.91 Å². The molecule has 0 atom stereocenters. The van der Waals surface area contributed by atoms with Crippen LogP contribution in [0.2, 0.25) is 0 Å². The normalized spacial score (nSPS) is 18.7. The fourth-order valence-electron chi connectivity index (χ4n) is 4.49. The van der Waals surface area contributed by atoms with Crippen LogP contribution in [0.3, 0.4) is 0 Å². The smallest absolute Gasteiger partial charge is 0.315 e. The molecule has 162 valence electrons. The summed E-state index contributed by atoms with van der Waals surface area (Å²) in [6, 6.07) is 9.58. The number of nitrogens with one attached hydrogen (secondary N) is 3. The van der Waals surface area contributed by atoms with Crippen LogP contribution in [-0.2, 0) is 11.3 Å². The van der Waals surface area contributed by atoms with E-state index in [1.807, 2.05) is 42.3 Å². The summed E-state index contributed by atoms with van der Waals surface area (Å²) in [6.45, 7) is 3.12. The minimum Gasteiger partial charge on any atom is -0.341 e. The lowest BCUT2D eigenvalue weighted by molar-refractivity contribution is -0.139. The van der Waals surface area contributed by atoms with E-state index in [-0.39, 0.29) is 24.3 Å². The second kappa shape index (κ2) is 11.4. The third-order valence-corrected chi connectivity index (χ3v) is 6.22. The summed E-state index contributed by atoms with van der Waals surface area (Å²) < 4.78 is 0. The van der Waals surface area contributed by atoms with E-state index < -0.39 is 5.54 Å². The van der Waals surface area contributed by atoms with Gasteiger partial charge < -0.3 is 20.9 Å². The Morgan fingerprint density at radius 1 is 1.10 bits per heavy atom. The highest BCUT2D eigenvalue weighted by atomic mass is 35.5. The number of hydrogen-bond donors (Lipinski definition) is 3. The summed E-state index contributed by atoms with van der Waals surface area (Å²) >= 11 is 0. The van der Waals surface area contributed by atoms with E-state index in [0.29, 0.717) is 12.5 Å². The highest BCUT2D eigenvalue weighted by Gasteiger charge is 2.45. The number of hydrogen-bond acceptors (Lipinski definition) is 3. The van der Waals surface area contributed by atoms with Gasteiger partial charge in [-0.3, -0.25) is 4.79 Å². The van der Waals surface area contributed by atoms with Crippen molar-refractivity contribution in [3.8, 4) is 0 Å². The van der Waals surface area contributed by atoms with Crippen molar-refractivity contribution < 1.29 is 9.59 Å². The maximum atomic E-state index is 13.3.